The van der Waals surface area contributed by atoms with Gasteiger partial charge in [-0.3, -0.25) is 4.79 Å². The van der Waals surface area contributed by atoms with Gasteiger partial charge in [-0.05, 0) is 31.9 Å². The Hall–Kier alpha value is -3.47. The number of nitrogens with one attached hydrogen (secondary N) is 1. The van der Waals surface area contributed by atoms with Crippen molar-refractivity contribution in [3.63, 3.8) is 0 Å². The molecule has 0 atom stereocenters. The van der Waals surface area contributed by atoms with Crippen LogP contribution in [0.4, 0.5) is 0 Å². The molecule has 1 N–H and O–H groups in total. The Morgan fingerprint density at radius 3 is 2.28 bits per heavy atom. The quantitative estimate of drug-likeness (QED) is 0.561. The number of carbonyl (C=O) groups is 1. The largest absolute Gasteiger partial charge is 0.352 e. The third kappa shape index (κ3) is 3.76. The van der Waals surface area contributed by atoms with E-state index in [-0.39, 0.29) is 12.3 Å². The number of nitrogens with zero attached hydrogens (tertiary/aromatic N) is 3. The van der Waals surface area contributed by atoms with E-state index in [4.69, 9.17) is 10.1 Å². The van der Waals surface area contributed by atoms with Gasteiger partial charge < -0.3 is 5.32 Å². The van der Waals surface area contributed by atoms with Crippen LogP contribution in [0.3, 0.4) is 0 Å². The summed E-state index contributed by atoms with van der Waals surface area (Å²) in [5.74, 6) is -0.0200. The van der Waals surface area contributed by atoms with Gasteiger partial charge in [-0.15, -0.1) is 0 Å². The highest BCUT2D eigenvalue weighted by atomic mass is 16.1. The molecule has 0 radical (unpaired) electrons. The van der Waals surface area contributed by atoms with Gasteiger partial charge >= 0.3 is 0 Å². The third-order valence-electron chi connectivity index (χ3n) is 5.23. The number of rotatable bonds is 5. The number of fused-ring (bicyclic) bond motifs is 1. The maximum Gasteiger partial charge on any atom is 0.224 e. The molecule has 4 aromatic rings. The van der Waals surface area contributed by atoms with E-state index in [1.54, 1.807) is 0 Å². The van der Waals surface area contributed by atoms with E-state index < -0.39 is 0 Å². The molecule has 5 nitrogen and oxygen atoms in total. The van der Waals surface area contributed by atoms with Crippen molar-refractivity contribution >= 4 is 11.6 Å². The van der Waals surface area contributed by atoms with Gasteiger partial charge in [-0.25, -0.2) is 9.50 Å². The van der Waals surface area contributed by atoms with Crippen LogP contribution in [-0.4, -0.2) is 20.5 Å². The van der Waals surface area contributed by atoms with Crippen molar-refractivity contribution in [2.45, 2.75) is 33.7 Å². The molecule has 0 aliphatic carbocycles. The van der Waals surface area contributed by atoms with Crippen molar-refractivity contribution in [2.75, 3.05) is 0 Å². The average Bonchev–Trinajstić information content (AvgIpc) is 3.07. The fourth-order valence-electron chi connectivity index (χ4n) is 3.69. The summed E-state index contributed by atoms with van der Waals surface area (Å²) in [6, 6.07) is 20.1. The maximum atomic E-state index is 12.6. The molecule has 0 spiro atoms. The summed E-state index contributed by atoms with van der Waals surface area (Å²) in [5, 5.41) is 7.71. The summed E-state index contributed by atoms with van der Waals surface area (Å²) >= 11 is 0. The highest BCUT2D eigenvalue weighted by Crippen LogP contribution is 2.29. The van der Waals surface area contributed by atoms with Gasteiger partial charge in [0.25, 0.3) is 0 Å². The smallest absolute Gasteiger partial charge is 0.224 e. The van der Waals surface area contributed by atoms with Crippen LogP contribution in [0, 0.1) is 20.8 Å². The van der Waals surface area contributed by atoms with E-state index in [0.717, 1.165) is 45.0 Å². The molecule has 0 aliphatic heterocycles. The monoisotopic (exact) mass is 384 g/mol. The minimum absolute atomic E-state index is 0.0200. The summed E-state index contributed by atoms with van der Waals surface area (Å²) in [4.78, 5) is 17.4. The van der Waals surface area contributed by atoms with E-state index in [2.05, 4.69) is 17.4 Å². The van der Waals surface area contributed by atoms with Crippen LogP contribution in [-0.2, 0) is 17.8 Å². The molecule has 1 amide bonds. The normalized spacial score (nSPS) is 11.0. The molecule has 2 heterocycles. The molecular formula is C24H24N4O. The van der Waals surface area contributed by atoms with Crippen molar-refractivity contribution in [3.8, 4) is 11.1 Å². The zero-order chi connectivity index (χ0) is 20.4. The van der Waals surface area contributed by atoms with Gasteiger partial charge in [-0.1, -0.05) is 60.7 Å². The molecule has 0 saturated heterocycles. The lowest BCUT2D eigenvalue weighted by Crippen LogP contribution is -2.25. The molecule has 29 heavy (non-hydrogen) atoms. The Labute approximate surface area is 170 Å². The van der Waals surface area contributed by atoms with Crippen LogP contribution in [0.25, 0.3) is 16.8 Å². The second kappa shape index (κ2) is 7.87. The molecule has 0 unspecified atom stereocenters. The van der Waals surface area contributed by atoms with Crippen molar-refractivity contribution in [2.24, 2.45) is 0 Å². The fraction of sp³-hybridized carbons (Fsp3) is 0.208. The van der Waals surface area contributed by atoms with Gasteiger partial charge in [0.05, 0.1) is 12.1 Å². The molecule has 4 rings (SSSR count). The predicted molar refractivity (Wildman–Crippen MR) is 115 cm³/mol. The zero-order valence-corrected chi connectivity index (χ0v) is 16.9. The predicted octanol–water partition coefficient (Wildman–Crippen LogP) is 4.18. The minimum Gasteiger partial charge on any atom is -0.352 e. The Kier molecular flexibility index (Phi) is 5.12. The molecule has 2 aromatic heterocycles. The van der Waals surface area contributed by atoms with E-state index in [0.29, 0.717) is 6.54 Å². The van der Waals surface area contributed by atoms with Gasteiger partial charge in [-0.2, -0.15) is 5.10 Å². The number of hydrogen-bond acceptors (Lipinski definition) is 3. The summed E-state index contributed by atoms with van der Waals surface area (Å²) in [6.07, 6.45) is 0.285. The molecule has 0 saturated carbocycles. The first-order valence-electron chi connectivity index (χ1n) is 9.76. The summed E-state index contributed by atoms with van der Waals surface area (Å²) < 4.78 is 1.87. The minimum atomic E-state index is -0.0200. The maximum absolute atomic E-state index is 12.6. The highest BCUT2D eigenvalue weighted by Gasteiger charge is 2.19. The number of benzene rings is 2. The molecule has 146 valence electrons. The zero-order valence-electron chi connectivity index (χ0n) is 16.9. The van der Waals surface area contributed by atoms with Gasteiger partial charge in [0, 0.05) is 29.1 Å². The van der Waals surface area contributed by atoms with Crippen molar-refractivity contribution in [1.29, 1.82) is 0 Å². The first-order valence-corrected chi connectivity index (χ1v) is 9.76. The second-order valence-corrected chi connectivity index (χ2v) is 7.26. The van der Waals surface area contributed by atoms with Gasteiger partial charge in [0.1, 0.15) is 0 Å². The fourth-order valence-corrected chi connectivity index (χ4v) is 3.69. The molecule has 5 heteroatoms. The lowest BCUT2D eigenvalue weighted by atomic mass is 10.1. The molecular weight excluding hydrogens is 360 g/mol. The van der Waals surface area contributed by atoms with Crippen molar-refractivity contribution in [3.05, 3.63) is 88.9 Å². The number of carbonyl (C=O) groups excluding carboxylic acids is 1. The van der Waals surface area contributed by atoms with Gasteiger partial charge in [0.15, 0.2) is 5.65 Å². The van der Waals surface area contributed by atoms with E-state index in [1.807, 2.05) is 73.8 Å². The summed E-state index contributed by atoms with van der Waals surface area (Å²) in [5.41, 5.74) is 7.71. The third-order valence-corrected chi connectivity index (χ3v) is 5.23. The standard InChI is InChI=1S/C24H24N4O/c1-16-21(14-22(29)25-15-19-10-6-4-7-11-19)18(3)28-24(26-16)23(17(2)27-28)20-12-8-5-9-13-20/h4-13H,14-15H2,1-3H3,(H,25,29). The lowest BCUT2D eigenvalue weighted by Gasteiger charge is -2.12. The lowest BCUT2D eigenvalue weighted by molar-refractivity contribution is -0.120. The first-order chi connectivity index (χ1) is 14.0. The van der Waals surface area contributed by atoms with Crippen LogP contribution in [0.5, 0.6) is 0 Å². The Bertz CT molecular complexity index is 1160. The van der Waals surface area contributed by atoms with Crippen molar-refractivity contribution in [1.82, 2.24) is 19.9 Å². The summed E-state index contributed by atoms with van der Waals surface area (Å²) in [6.45, 7) is 6.48. The highest BCUT2D eigenvalue weighted by molar-refractivity contribution is 5.82. The molecule has 0 aliphatic rings. The molecule has 2 aromatic carbocycles. The SMILES string of the molecule is Cc1nc2c(-c3ccccc3)c(C)nn2c(C)c1CC(=O)NCc1ccccc1. The van der Waals surface area contributed by atoms with Crippen LogP contribution in [0.15, 0.2) is 60.7 Å². The van der Waals surface area contributed by atoms with Crippen LogP contribution >= 0.6 is 0 Å². The van der Waals surface area contributed by atoms with Crippen LogP contribution < -0.4 is 5.32 Å². The van der Waals surface area contributed by atoms with E-state index in [9.17, 15) is 4.79 Å². The van der Waals surface area contributed by atoms with E-state index >= 15 is 0 Å². The van der Waals surface area contributed by atoms with Crippen LogP contribution in [0.2, 0.25) is 0 Å². The average molecular weight is 384 g/mol. The first kappa shape index (κ1) is 18.9. The topological polar surface area (TPSA) is 59.3 Å². The Balaban J connectivity index is 1.63. The number of hydrogen-bond donors (Lipinski definition) is 1. The number of aryl methyl sites for hydroxylation is 3. The van der Waals surface area contributed by atoms with E-state index in [1.165, 1.54) is 0 Å². The number of aromatic nitrogens is 3. The summed E-state index contributed by atoms with van der Waals surface area (Å²) in [7, 11) is 0. The molecule has 0 bridgehead atoms. The number of amides is 1. The Morgan fingerprint density at radius 1 is 0.931 bits per heavy atom. The van der Waals surface area contributed by atoms with Gasteiger partial charge in [0.2, 0.25) is 5.91 Å². The second-order valence-electron chi connectivity index (χ2n) is 7.26. The van der Waals surface area contributed by atoms with Crippen LogP contribution in [0.1, 0.15) is 28.2 Å². The Morgan fingerprint density at radius 2 is 1.59 bits per heavy atom. The molecule has 0 fully saturated rings. The van der Waals surface area contributed by atoms with Crippen molar-refractivity contribution < 1.29 is 4.79 Å².